The molecule has 2 aromatic rings. The quantitative estimate of drug-likeness (QED) is 0.288. The number of hydrogen-bond donors (Lipinski definition) is 5. The van der Waals surface area contributed by atoms with E-state index in [0.717, 1.165) is 11.1 Å². The van der Waals surface area contributed by atoms with Crippen LogP contribution in [-0.2, 0) is 32.0 Å². The molecular weight excluding hydrogens is 448 g/mol. The van der Waals surface area contributed by atoms with E-state index in [1.807, 2.05) is 43.3 Å². The average molecular weight is 483 g/mol. The number of hydrogen-bond acceptors (Lipinski definition) is 5. The normalized spacial score (nSPS) is 14.1. The van der Waals surface area contributed by atoms with Crippen molar-refractivity contribution in [3.8, 4) is 0 Å². The molecule has 0 bridgehead atoms. The lowest BCUT2D eigenvalue weighted by molar-refractivity contribution is -0.143. The number of carbonyl (C=O) groups is 4. The molecule has 0 aromatic heterocycles. The highest BCUT2D eigenvalue weighted by Crippen LogP contribution is 2.10. The first-order valence-electron chi connectivity index (χ1n) is 11.6. The predicted octanol–water partition coefficient (Wildman–Crippen LogP) is 1.02. The number of amides is 3. The van der Waals surface area contributed by atoms with Crippen LogP contribution in [0.1, 0.15) is 31.4 Å². The Morgan fingerprint density at radius 1 is 0.857 bits per heavy atom. The molecule has 4 atom stereocenters. The minimum Gasteiger partial charge on any atom is -0.480 e. The van der Waals surface area contributed by atoms with Gasteiger partial charge >= 0.3 is 5.97 Å². The van der Waals surface area contributed by atoms with Crippen molar-refractivity contribution in [1.82, 2.24) is 16.0 Å². The van der Waals surface area contributed by atoms with Crippen LogP contribution in [0.3, 0.4) is 0 Å². The number of carbonyl (C=O) groups excluding carboxylic acids is 3. The highest BCUT2D eigenvalue weighted by molar-refractivity contribution is 5.92. The van der Waals surface area contributed by atoms with Crippen LogP contribution in [0.2, 0.25) is 0 Å². The molecule has 0 aliphatic rings. The zero-order chi connectivity index (χ0) is 25.8. The highest BCUT2D eigenvalue weighted by atomic mass is 16.4. The van der Waals surface area contributed by atoms with Crippen LogP contribution >= 0.6 is 0 Å². The molecule has 0 saturated heterocycles. The second-order valence-electron chi connectivity index (χ2n) is 8.53. The molecule has 9 nitrogen and oxygen atoms in total. The topological polar surface area (TPSA) is 151 Å². The molecule has 0 saturated carbocycles. The van der Waals surface area contributed by atoms with Crippen LogP contribution in [0.15, 0.2) is 60.7 Å². The van der Waals surface area contributed by atoms with Gasteiger partial charge in [0, 0.05) is 6.42 Å². The van der Waals surface area contributed by atoms with Gasteiger partial charge in [-0.1, -0.05) is 80.9 Å². The first-order chi connectivity index (χ1) is 16.7. The second kappa shape index (κ2) is 13.9. The summed E-state index contributed by atoms with van der Waals surface area (Å²) in [5.41, 5.74) is 7.63. The van der Waals surface area contributed by atoms with Crippen molar-refractivity contribution in [1.29, 1.82) is 0 Å². The first-order valence-corrected chi connectivity index (χ1v) is 11.6. The van der Waals surface area contributed by atoms with Crippen LogP contribution in [0.4, 0.5) is 0 Å². The van der Waals surface area contributed by atoms with Gasteiger partial charge in [-0.15, -0.1) is 0 Å². The molecule has 2 aromatic carbocycles. The van der Waals surface area contributed by atoms with Crippen molar-refractivity contribution in [2.75, 3.05) is 6.54 Å². The van der Waals surface area contributed by atoms with Gasteiger partial charge in [0.15, 0.2) is 0 Å². The Kier molecular flexibility index (Phi) is 10.9. The van der Waals surface area contributed by atoms with Crippen molar-refractivity contribution in [3.05, 3.63) is 71.8 Å². The maximum absolute atomic E-state index is 13.0. The second-order valence-corrected chi connectivity index (χ2v) is 8.53. The lowest BCUT2D eigenvalue weighted by atomic mass is 9.98. The van der Waals surface area contributed by atoms with Crippen molar-refractivity contribution >= 4 is 23.7 Å². The fourth-order valence-electron chi connectivity index (χ4n) is 3.50. The molecule has 0 fully saturated rings. The van der Waals surface area contributed by atoms with Crippen molar-refractivity contribution in [2.24, 2.45) is 11.7 Å². The Labute approximate surface area is 205 Å². The number of benzene rings is 2. The summed E-state index contributed by atoms with van der Waals surface area (Å²) in [6, 6.07) is 15.4. The van der Waals surface area contributed by atoms with Gasteiger partial charge in [0.2, 0.25) is 17.7 Å². The van der Waals surface area contributed by atoms with E-state index in [0.29, 0.717) is 12.8 Å². The van der Waals surface area contributed by atoms with Crippen molar-refractivity contribution in [2.45, 2.75) is 51.2 Å². The summed E-state index contributed by atoms with van der Waals surface area (Å²) >= 11 is 0. The van der Waals surface area contributed by atoms with E-state index in [2.05, 4.69) is 16.0 Å². The summed E-state index contributed by atoms with van der Waals surface area (Å²) in [4.78, 5) is 49.5. The highest BCUT2D eigenvalue weighted by Gasteiger charge is 2.29. The van der Waals surface area contributed by atoms with Crippen LogP contribution in [0.5, 0.6) is 0 Å². The fourth-order valence-corrected chi connectivity index (χ4v) is 3.50. The average Bonchev–Trinajstić information content (AvgIpc) is 2.85. The number of aliphatic carboxylic acids is 1. The number of nitrogens with one attached hydrogen (secondary N) is 3. The Hall–Kier alpha value is -3.72. The molecule has 3 amide bonds. The Morgan fingerprint density at radius 2 is 1.40 bits per heavy atom. The van der Waals surface area contributed by atoms with Gasteiger partial charge in [-0.3, -0.25) is 14.4 Å². The minimum absolute atomic E-state index is 0.159. The lowest BCUT2D eigenvalue weighted by Crippen LogP contribution is -2.55. The van der Waals surface area contributed by atoms with E-state index >= 15 is 0 Å². The monoisotopic (exact) mass is 482 g/mol. The van der Waals surface area contributed by atoms with Crippen molar-refractivity contribution < 1.29 is 24.3 Å². The molecule has 2 rings (SSSR count). The molecular formula is C26H34N4O5. The largest absolute Gasteiger partial charge is 0.480 e. The first kappa shape index (κ1) is 27.5. The van der Waals surface area contributed by atoms with Gasteiger partial charge in [-0.2, -0.15) is 0 Å². The van der Waals surface area contributed by atoms with Crippen LogP contribution in [0, 0.1) is 5.92 Å². The Bertz CT molecular complexity index is 984. The van der Waals surface area contributed by atoms with Gasteiger partial charge in [0.1, 0.15) is 12.1 Å². The van der Waals surface area contributed by atoms with Gasteiger partial charge in [0.25, 0.3) is 0 Å². The summed E-state index contributed by atoms with van der Waals surface area (Å²) in [6.07, 6.45) is 1.04. The molecule has 0 spiro atoms. The van der Waals surface area contributed by atoms with Crippen LogP contribution in [-0.4, -0.2) is 53.5 Å². The van der Waals surface area contributed by atoms with Gasteiger partial charge in [-0.05, 0) is 23.5 Å². The SMILES string of the molecule is CCC(C)C(NC(=O)C(Cc1ccccc1)NC(=O)CNC(=O)C(N)Cc1ccccc1)C(=O)O. The summed E-state index contributed by atoms with van der Waals surface area (Å²) < 4.78 is 0. The van der Waals surface area contributed by atoms with E-state index in [1.165, 1.54) is 0 Å². The van der Waals surface area contributed by atoms with E-state index in [4.69, 9.17) is 5.73 Å². The van der Waals surface area contributed by atoms with Gasteiger partial charge in [-0.25, -0.2) is 4.79 Å². The summed E-state index contributed by atoms with van der Waals surface area (Å²) in [5, 5.41) is 17.2. The summed E-state index contributed by atoms with van der Waals surface area (Å²) in [5.74, 6) is -3.12. The maximum Gasteiger partial charge on any atom is 0.326 e. The minimum atomic E-state index is -1.14. The van der Waals surface area contributed by atoms with E-state index < -0.39 is 41.8 Å². The predicted molar refractivity (Wildman–Crippen MR) is 132 cm³/mol. The molecule has 188 valence electrons. The maximum atomic E-state index is 13.0. The third kappa shape index (κ3) is 9.21. The van der Waals surface area contributed by atoms with E-state index in [-0.39, 0.29) is 18.9 Å². The molecule has 0 radical (unpaired) electrons. The Balaban J connectivity index is 2.01. The Morgan fingerprint density at radius 3 is 1.91 bits per heavy atom. The molecule has 0 aliphatic carbocycles. The van der Waals surface area contributed by atoms with Gasteiger partial charge < -0.3 is 26.8 Å². The fraction of sp³-hybridized carbons (Fsp3) is 0.385. The molecule has 35 heavy (non-hydrogen) atoms. The zero-order valence-electron chi connectivity index (χ0n) is 20.1. The summed E-state index contributed by atoms with van der Waals surface area (Å²) in [6.45, 7) is 3.20. The van der Waals surface area contributed by atoms with E-state index in [1.54, 1.807) is 31.2 Å². The number of carboxylic acid groups (broad SMARTS) is 1. The van der Waals surface area contributed by atoms with Crippen LogP contribution < -0.4 is 21.7 Å². The number of nitrogens with two attached hydrogens (primary N) is 1. The summed E-state index contributed by atoms with van der Waals surface area (Å²) in [7, 11) is 0. The van der Waals surface area contributed by atoms with Crippen molar-refractivity contribution in [3.63, 3.8) is 0 Å². The molecule has 9 heteroatoms. The lowest BCUT2D eigenvalue weighted by Gasteiger charge is -2.24. The van der Waals surface area contributed by atoms with Gasteiger partial charge in [0.05, 0.1) is 12.6 Å². The third-order valence-corrected chi connectivity index (χ3v) is 5.77. The third-order valence-electron chi connectivity index (χ3n) is 5.77. The molecule has 4 unspecified atom stereocenters. The standard InChI is InChI=1S/C26H34N4O5/c1-3-17(2)23(26(34)35)30-25(33)21(15-19-12-8-5-9-13-19)29-22(31)16-28-24(32)20(27)14-18-10-6-4-7-11-18/h4-13,17,20-21,23H,3,14-16,27H2,1-2H3,(H,28,32)(H,29,31)(H,30,33)(H,34,35). The molecule has 0 heterocycles. The molecule has 0 aliphatic heterocycles. The smallest absolute Gasteiger partial charge is 0.326 e. The van der Waals surface area contributed by atoms with E-state index in [9.17, 15) is 24.3 Å². The molecule has 6 N–H and O–H groups in total. The van der Waals surface area contributed by atoms with Crippen LogP contribution in [0.25, 0.3) is 0 Å². The zero-order valence-corrected chi connectivity index (χ0v) is 20.1. The number of rotatable bonds is 13. The number of carboxylic acids is 1.